The van der Waals surface area contributed by atoms with Crippen LogP contribution >= 0.6 is 0 Å². The van der Waals surface area contributed by atoms with Gasteiger partial charge in [-0.05, 0) is 23.6 Å². The lowest BCUT2D eigenvalue weighted by molar-refractivity contribution is -0.274. The number of hydrogen-bond donors (Lipinski definition) is 1. The monoisotopic (exact) mass is 201 g/mol. The fourth-order valence-corrected chi connectivity index (χ4v) is 1.23. The summed E-state index contributed by atoms with van der Waals surface area (Å²) in [5.74, 6) is -0.204. The molecule has 2 nitrogen and oxygen atoms in total. The molecule has 0 spiro atoms. The third kappa shape index (κ3) is 1.81. The van der Waals surface area contributed by atoms with E-state index in [2.05, 4.69) is 9.72 Å². The molecule has 0 saturated heterocycles. The number of alkyl halides is 3. The van der Waals surface area contributed by atoms with Gasteiger partial charge in [0.25, 0.3) is 0 Å². The number of aromatic nitrogens is 1. The van der Waals surface area contributed by atoms with Gasteiger partial charge >= 0.3 is 6.36 Å². The Balaban J connectivity index is 2.35. The molecular weight excluding hydrogens is 195 g/mol. The van der Waals surface area contributed by atoms with E-state index in [0.717, 1.165) is 5.39 Å². The number of nitrogens with one attached hydrogen (secondary N) is 1. The zero-order valence-corrected chi connectivity index (χ0v) is 6.93. The Labute approximate surface area is 77.3 Å². The summed E-state index contributed by atoms with van der Waals surface area (Å²) in [6, 6.07) is 4.18. The first-order valence-corrected chi connectivity index (χ1v) is 3.87. The van der Waals surface area contributed by atoms with E-state index in [1.54, 1.807) is 18.5 Å². The van der Waals surface area contributed by atoms with E-state index in [9.17, 15) is 13.2 Å². The van der Waals surface area contributed by atoms with E-state index >= 15 is 0 Å². The summed E-state index contributed by atoms with van der Waals surface area (Å²) in [5.41, 5.74) is 0. The van der Waals surface area contributed by atoms with Gasteiger partial charge in [-0.15, -0.1) is 13.2 Å². The van der Waals surface area contributed by atoms with Crippen molar-refractivity contribution in [3.8, 4) is 5.75 Å². The van der Waals surface area contributed by atoms with Crippen molar-refractivity contribution in [1.82, 2.24) is 4.98 Å². The number of hydrogen-bond acceptors (Lipinski definition) is 1. The Kier molecular flexibility index (Phi) is 1.87. The Hall–Kier alpha value is -1.65. The van der Waals surface area contributed by atoms with Gasteiger partial charge < -0.3 is 9.72 Å². The maximum atomic E-state index is 11.8. The standard InChI is InChI=1S/C9H6F3NO/c10-9(11,12)14-8-2-1-6-4-13-5-7(6)3-8/h1-5,13H. The zero-order valence-electron chi connectivity index (χ0n) is 6.93. The molecule has 0 aliphatic carbocycles. The highest BCUT2D eigenvalue weighted by atomic mass is 19.4. The average molecular weight is 201 g/mol. The Bertz CT molecular complexity index is 446. The van der Waals surface area contributed by atoms with Crippen LogP contribution in [0, 0.1) is 0 Å². The molecule has 1 N–H and O–H groups in total. The number of ether oxygens (including phenoxy) is 1. The summed E-state index contributed by atoms with van der Waals surface area (Å²) < 4.78 is 39.3. The minimum atomic E-state index is -4.63. The minimum Gasteiger partial charge on any atom is -0.406 e. The lowest BCUT2D eigenvalue weighted by Crippen LogP contribution is -2.16. The molecule has 2 aromatic rings. The summed E-state index contributed by atoms with van der Waals surface area (Å²) in [7, 11) is 0. The van der Waals surface area contributed by atoms with Gasteiger partial charge in [0.1, 0.15) is 5.75 Å². The second-order valence-electron chi connectivity index (χ2n) is 2.79. The Morgan fingerprint density at radius 1 is 1.07 bits per heavy atom. The summed E-state index contributed by atoms with van der Waals surface area (Å²) >= 11 is 0. The highest BCUT2D eigenvalue weighted by Gasteiger charge is 2.31. The van der Waals surface area contributed by atoms with E-state index in [0.29, 0.717) is 5.39 Å². The normalized spacial score (nSPS) is 11.9. The van der Waals surface area contributed by atoms with Crippen molar-refractivity contribution < 1.29 is 17.9 Å². The Morgan fingerprint density at radius 3 is 2.50 bits per heavy atom. The molecule has 1 aromatic carbocycles. The first kappa shape index (κ1) is 8.93. The van der Waals surface area contributed by atoms with Gasteiger partial charge in [0.2, 0.25) is 0 Å². The van der Waals surface area contributed by atoms with Gasteiger partial charge in [0.05, 0.1) is 0 Å². The second kappa shape index (κ2) is 2.94. The largest absolute Gasteiger partial charge is 0.573 e. The van der Waals surface area contributed by atoms with Crippen LogP contribution in [0.1, 0.15) is 0 Å². The lowest BCUT2D eigenvalue weighted by Gasteiger charge is -2.08. The van der Waals surface area contributed by atoms with Crippen LogP contribution in [0.25, 0.3) is 10.8 Å². The van der Waals surface area contributed by atoms with Crippen LogP contribution in [0.15, 0.2) is 30.6 Å². The topological polar surface area (TPSA) is 25.0 Å². The smallest absolute Gasteiger partial charge is 0.406 e. The molecule has 0 fully saturated rings. The molecule has 0 aliphatic heterocycles. The fourth-order valence-electron chi connectivity index (χ4n) is 1.23. The first-order chi connectivity index (χ1) is 6.54. The van der Waals surface area contributed by atoms with Gasteiger partial charge in [-0.25, -0.2) is 0 Å². The summed E-state index contributed by atoms with van der Waals surface area (Å²) in [4.78, 5) is 2.79. The zero-order chi connectivity index (χ0) is 10.2. The van der Waals surface area contributed by atoms with Crippen molar-refractivity contribution in [2.75, 3.05) is 0 Å². The third-order valence-corrected chi connectivity index (χ3v) is 1.77. The number of benzene rings is 1. The molecule has 74 valence electrons. The number of H-pyrrole nitrogens is 1. The van der Waals surface area contributed by atoms with Crippen molar-refractivity contribution in [3.63, 3.8) is 0 Å². The summed E-state index contributed by atoms with van der Waals surface area (Å²) in [6.07, 6.45) is -1.32. The lowest BCUT2D eigenvalue weighted by atomic mass is 10.2. The van der Waals surface area contributed by atoms with Crippen LogP contribution in [0.3, 0.4) is 0 Å². The van der Waals surface area contributed by atoms with Crippen LogP contribution in [0.5, 0.6) is 5.75 Å². The summed E-state index contributed by atoms with van der Waals surface area (Å²) in [6.45, 7) is 0. The molecule has 0 aliphatic rings. The molecule has 0 unspecified atom stereocenters. The molecule has 0 radical (unpaired) electrons. The molecule has 0 saturated carbocycles. The predicted molar refractivity (Wildman–Crippen MR) is 45.0 cm³/mol. The molecule has 1 heterocycles. The maximum Gasteiger partial charge on any atom is 0.573 e. The number of fused-ring (bicyclic) bond motifs is 1. The van der Waals surface area contributed by atoms with Crippen molar-refractivity contribution in [1.29, 1.82) is 0 Å². The molecular formula is C9H6F3NO. The van der Waals surface area contributed by atoms with Gasteiger partial charge in [0, 0.05) is 17.8 Å². The average Bonchev–Trinajstić information content (AvgIpc) is 2.47. The van der Waals surface area contributed by atoms with Crippen molar-refractivity contribution in [3.05, 3.63) is 30.6 Å². The van der Waals surface area contributed by atoms with Crippen LogP contribution in [0.2, 0.25) is 0 Å². The molecule has 14 heavy (non-hydrogen) atoms. The van der Waals surface area contributed by atoms with Crippen LogP contribution in [-0.4, -0.2) is 11.3 Å². The quantitative estimate of drug-likeness (QED) is 0.753. The van der Waals surface area contributed by atoms with Gasteiger partial charge in [-0.1, -0.05) is 0 Å². The van der Waals surface area contributed by atoms with Crippen LogP contribution in [-0.2, 0) is 0 Å². The van der Waals surface area contributed by atoms with E-state index in [1.807, 2.05) is 0 Å². The van der Waals surface area contributed by atoms with Gasteiger partial charge in [-0.2, -0.15) is 0 Å². The molecule has 0 bridgehead atoms. The molecule has 1 aromatic heterocycles. The summed E-state index contributed by atoms with van der Waals surface area (Å²) in [5, 5.41) is 1.53. The van der Waals surface area contributed by atoms with Crippen LogP contribution < -0.4 is 4.74 Å². The van der Waals surface area contributed by atoms with E-state index in [4.69, 9.17) is 0 Å². The number of halogens is 3. The van der Waals surface area contributed by atoms with E-state index < -0.39 is 6.36 Å². The van der Waals surface area contributed by atoms with E-state index in [-0.39, 0.29) is 5.75 Å². The number of aromatic amines is 1. The number of rotatable bonds is 1. The van der Waals surface area contributed by atoms with Crippen molar-refractivity contribution >= 4 is 10.8 Å². The van der Waals surface area contributed by atoms with Crippen LogP contribution in [0.4, 0.5) is 13.2 Å². The minimum absolute atomic E-state index is 0.204. The molecule has 0 amide bonds. The van der Waals surface area contributed by atoms with Crippen molar-refractivity contribution in [2.45, 2.75) is 6.36 Å². The molecule has 5 heteroatoms. The van der Waals surface area contributed by atoms with Gasteiger partial charge in [0.15, 0.2) is 0 Å². The third-order valence-electron chi connectivity index (χ3n) is 1.77. The van der Waals surface area contributed by atoms with Crippen molar-refractivity contribution in [2.24, 2.45) is 0 Å². The fraction of sp³-hybridized carbons (Fsp3) is 0.111. The molecule has 2 rings (SSSR count). The highest BCUT2D eigenvalue weighted by Crippen LogP contribution is 2.26. The first-order valence-electron chi connectivity index (χ1n) is 3.87. The predicted octanol–water partition coefficient (Wildman–Crippen LogP) is 3.07. The highest BCUT2D eigenvalue weighted by molar-refractivity contribution is 5.83. The van der Waals surface area contributed by atoms with Gasteiger partial charge in [-0.3, -0.25) is 0 Å². The SMILES string of the molecule is FC(F)(F)Oc1ccc2c[nH]cc2c1. The second-order valence-corrected chi connectivity index (χ2v) is 2.79. The van der Waals surface area contributed by atoms with E-state index in [1.165, 1.54) is 12.1 Å². The maximum absolute atomic E-state index is 11.8. The molecule has 0 atom stereocenters. The Morgan fingerprint density at radius 2 is 1.79 bits per heavy atom.